The number of rotatable bonds is 4. The Bertz CT molecular complexity index is 607. The first kappa shape index (κ1) is 19.2. The van der Waals surface area contributed by atoms with Crippen LogP contribution >= 0.6 is 0 Å². The van der Waals surface area contributed by atoms with Crippen LogP contribution in [0.4, 0.5) is 13.2 Å². The molecule has 0 radical (unpaired) electrons. The minimum atomic E-state index is -4.42. The second kappa shape index (κ2) is 7.86. The Morgan fingerprint density at radius 2 is 1.52 bits per heavy atom. The second-order valence-corrected chi connectivity index (χ2v) is 6.30. The monoisotopic (exact) mass is 357 g/mol. The molecule has 25 heavy (non-hydrogen) atoms. The highest BCUT2D eigenvalue weighted by atomic mass is 19.4. The number of carbonyl (C=O) groups is 2. The number of nitrogens with zero attached hydrogens (tertiary/aromatic N) is 3. The van der Waals surface area contributed by atoms with Crippen molar-refractivity contribution in [2.45, 2.75) is 12.6 Å². The summed E-state index contributed by atoms with van der Waals surface area (Å²) in [5.74, 6) is -0.260. The molecular weight excluding hydrogens is 335 g/mol. The molecule has 1 aromatic rings. The van der Waals surface area contributed by atoms with Crippen molar-refractivity contribution in [2.75, 3.05) is 46.8 Å². The molecule has 0 aliphatic carbocycles. The van der Waals surface area contributed by atoms with Crippen molar-refractivity contribution in [2.24, 2.45) is 0 Å². The van der Waals surface area contributed by atoms with Crippen molar-refractivity contribution < 1.29 is 22.8 Å². The highest BCUT2D eigenvalue weighted by Crippen LogP contribution is 2.29. The highest BCUT2D eigenvalue weighted by molar-refractivity contribution is 5.94. The third-order valence-electron chi connectivity index (χ3n) is 4.15. The Kier molecular flexibility index (Phi) is 6.05. The Balaban J connectivity index is 1.90. The second-order valence-electron chi connectivity index (χ2n) is 6.30. The predicted octanol–water partition coefficient (Wildman–Crippen LogP) is 1.94. The number of benzene rings is 1. The Morgan fingerprint density at radius 3 is 2.00 bits per heavy atom. The standard InChI is InChI=1S/C17H22F3N3O2/c1-21(2)8-7-15(24)22-9-11-23(12-10-22)16(25)13-3-5-14(6-4-13)17(18,19)20/h3-6H,7-12H2,1-2H3. The van der Waals surface area contributed by atoms with E-state index in [4.69, 9.17) is 0 Å². The normalized spacial score (nSPS) is 15.6. The van der Waals surface area contributed by atoms with Crippen LogP contribution in [0.5, 0.6) is 0 Å². The van der Waals surface area contributed by atoms with Gasteiger partial charge in [-0.05, 0) is 38.4 Å². The summed E-state index contributed by atoms with van der Waals surface area (Å²) in [5.41, 5.74) is -0.555. The number of alkyl halides is 3. The van der Waals surface area contributed by atoms with Gasteiger partial charge in [0.25, 0.3) is 5.91 Å². The number of carbonyl (C=O) groups excluding carboxylic acids is 2. The van der Waals surface area contributed by atoms with Crippen molar-refractivity contribution >= 4 is 11.8 Å². The molecule has 8 heteroatoms. The van der Waals surface area contributed by atoms with E-state index in [1.807, 2.05) is 19.0 Å². The third-order valence-corrected chi connectivity index (χ3v) is 4.15. The van der Waals surface area contributed by atoms with Crippen molar-refractivity contribution in [3.05, 3.63) is 35.4 Å². The molecule has 1 aromatic carbocycles. The van der Waals surface area contributed by atoms with E-state index in [1.165, 1.54) is 12.1 Å². The zero-order valence-corrected chi connectivity index (χ0v) is 14.3. The van der Waals surface area contributed by atoms with Crippen LogP contribution in [0.2, 0.25) is 0 Å². The topological polar surface area (TPSA) is 43.9 Å². The van der Waals surface area contributed by atoms with Crippen molar-refractivity contribution in [3.63, 3.8) is 0 Å². The van der Waals surface area contributed by atoms with Crippen LogP contribution < -0.4 is 0 Å². The zero-order chi connectivity index (χ0) is 18.6. The minimum absolute atomic E-state index is 0.0512. The summed E-state index contributed by atoms with van der Waals surface area (Å²) in [7, 11) is 3.79. The molecule has 0 aromatic heterocycles. The van der Waals surface area contributed by atoms with E-state index >= 15 is 0 Å². The van der Waals surface area contributed by atoms with Crippen LogP contribution in [0.3, 0.4) is 0 Å². The summed E-state index contributed by atoms with van der Waals surface area (Å²) in [6.45, 7) is 2.32. The lowest BCUT2D eigenvalue weighted by atomic mass is 10.1. The van der Waals surface area contributed by atoms with E-state index in [0.29, 0.717) is 39.1 Å². The number of piperazine rings is 1. The van der Waals surface area contributed by atoms with Gasteiger partial charge in [-0.2, -0.15) is 13.2 Å². The lowest BCUT2D eigenvalue weighted by Gasteiger charge is -2.35. The molecule has 1 saturated heterocycles. The van der Waals surface area contributed by atoms with Gasteiger partial charge in [0.05, 0.1) is 5.56 Å². The van der Waals surface area contributed by atoms with E-state index in [1.54, 1.807) is 9.80 Å². The summed E-state index contributed by atoms with van der Waals surface area (Å²) >= 11 is 0. The summed E-state index contributed by atoms with van der Waals surface area (Å²) in [5, 5.41) is 0. The maximum Gasteiger partial charge on any atom is 0.416 e. The van der Waals surface area contributed by atoms with Gasteiger partial charge in [-0.15, -0.1) is 0 Å². The fraction of sp³-hybridized carbons (Fsp3) is 0.529. The first-order chi connectivity index (χ1) is 11.7. The summed E-state index contributed by atoms with van der Waals surface area (Å²) in [6, 6.07) is 4.21. The van der Waals surface area contributed by atoms with Gasteiger partial charge < -0.3 is 14.7 Å². The van der Waals surface area contributed by atoms with Crippen LogP contribution in [0, 0.1) is 0 Å². The minimum Gasteiger partial charge on any atom is -0.339 e. The Labute approximate surface area is 145 Å². The van der Waals surface area contributed by atoms with Crippen LogP contribution in [0.1, 0.15) is 22.3 Å². The number of hydrogen-bond donors (Lipinski definition) is 0. The zero-order valence-electron chi connectivity index (χ0n) is 14.3. The molecule has 1 heterocycles. The summed E-state index contributed by atoms with van der Waals surface area (Å²) in [4.78, 5) is 29.7. The molecule has 1 aliphatic rings. The molecule has 0 atom stereocenters. The average Bonchev–Trinajstić information content (AvgIpc) is 2.58. The van der Waals surface area contributed by atoms with Gasteiger partial charge in [0, 0.05) is 44.7 Å². The molecule has 0 bridgehead atoms. The smallest absolute Gasteiger partial charge is 0.339 e. The average molecular weight is 357 g/mol. The van der Waals surface area contributed by atoms with Crippen LogP contribution in [-0.2, 0) is 11.0 Å². The summed E-state index contributed by atoms with van der Waals surface area (Å²) in [6.07, 6.45) is -3.99. The van der Waals surface area contributed by atoms with Gasteiger partial charge in [0.2, 0.25) is 5.91 Å². The molecule has 1 aliphatic heterocycles. The molecular formula is C17H22F3N3O2. The van der Waals surface area contributed by atoms with Gasteiger partial charge in [-0.3, -0.25) is 9.59 Å². The predicted molar refractivity (Wildman–Crippen MR) is 87.1 cm³/mol. The van der Waals surface area contributed by atoms with E-state index < -0.39 is 11.7 Å². The van der Waals surface area contributed by atoms with Crippen LogP contribution in [-0.4, -0.2) is 73.3 Å². The first-order valence-corrected chi connectivity index (χ1v) is 8.07. The Hall–Kier alpha value is -2.09. The van der Waals surface area contributed by atoms with Crippen molar-refractivity contribution in [1.29, 1.82) is 0 Å². The van der Waals surface area contributed by atoms with E-state index in [2.05, 4.69) is 0 Å². The number of halogens is 3. The molecule has 0 saturated carbocycles. The van der Waals surface area contributed by atoms with Crippen LogP contribution in [0.25, 0.3) is 0 Å². The van der Waals surface area contributed by atoms with Gasteiger partial charge in [-0.1, -0.05) is 0 Å². The van der Waals surface area contributed by atoms with E-state index in [0.717, 1.165) is 12.1 Å². The SMILES string of the molecule is CN(C)CCC(=O)N1CCN(C(=O)c2ccc(C(F)(F)F)cc2)CC1. The molecule has 0 unspecified atom stereocenters. The molecule has 2 rings (SSSR count). The Morgan fingerprint density at radius 1 is 1.00 bits per heavy atom. The fourth-order valence-electron chi connectivity index (χ4n) is 2.62. The van der Waals surface area contributed by atoms with Crippen molar-refractivity contribution in [3.8, 4) is 0 Å². The molecule has 138 valence electrons. The van der Waals surface area contributed by atoms with Crippen molar-refractivity contribution in [1.82, 2.24) is 14.7 Å². The largest absolute Gasteiger partial charge is 0.416 e. The van der Waals surface area contributed by atoms with Gasteiger partial charge in [-0.25, -0.2) is 0 Å². The van der Waals surface area contributed by atoms with Crippen LogP contribution in [0.15, 0.2) is 24.3 Å². The molecule has 2 amide bonds. The van der Waals surface area contributed by atoms with E-state index in [-0.39, 0.29) is 17.4 Å². The fourth-order valence-corrected chi connectivity index (χ4v) is 2.62. The van der Waals surface area contributed by atoms with Gasteiger partial charge in [0.15, 0.2) is 0 Å². The quantitative estimate of drug-likeness (QED) is 0.827. The van der Waals surface area contributed by atoms with Gasteiger partial charge in [0.1, 0.15) is 0 Å². The van der Waals surface area contributed by atoms with E-state index in [9.17, 15) is 22.8 Å². The lowest BCUT2D eigenvalue weighted by Crippen LogP contribution is -2.50. The molecule has 0 spiro atoms. The number of amides is 2. The maximum atomic E-state index is 12.6. The van der Waals surface area contributed by atoms with Gasteiger partial charge >= 0.3 is 6.18 Å². The molecule has 1 fully saturated rings. The number of hydrogen-bond acceptors (Lipinski definition) is 3. The first-order valence-electron chi connectivity index (χ1n) is 8.07. The lowest BCUT2D eigenvalue weighted by molar-refractivity contribution is -0.137. The third kappa shape index (κ3) is 5.19. The highest BCUT2D eigenvalue weighted by Gasteiger charge is 2.31. The molecule has 0 N–H and O–H groups in total. The maximum absolute atomic E-state index is 12.6. The summed E-state index contributed by atoms with van der Waals surface area (Å²) < 4.78 is 37.7. The molecule has 5 nitrogen and oxygen atoms in total.